The van der Waals surface area contributed by atoms with Gasteiger partial charge in [0.1, 0.15) is 11.5 Å². The average Bonchev–Trinajstić information content (AvgIpc) is 2.55. The van der Waals surface area contributed by atoms with Gasteiger partial charge in [0.2, 0.25) is 0 Å². The van der Waals surface area contributed by atoms with Crippen molar-refractivity contribution in [3.05, 3.63) is 59.7 Å². The first-order valence-corrected chi connectivity index (χ1v) is 7.34. The van der Waals surface area contributed by atoms with Crippen LogP contribution >= 0.6 is 0 Å². The Balaban J connectivity index is 1.82. The summed E-state index contributed by atoms with van der Waals surface area (Å²) < 4.78 is 10.9. The topological polar surface area (TPSA) is 44.5 Å². The van der Waals surface area contributed by atoms with Gasteiger partial charge in [0, 0.05) is 12.5 Å². The Hall–Kier alpha value is -2.00. The third-order valence-electron chi connectivity index (χ3n) is 3.57. The summed E-state index contributed by atoms with van der Waals surface area (Å²) in [5.74, 6) is 1.76. The summed E-state index contributed by atoms with van der Waals surface area (Å²) in [4.78, 5) is 0. The van der Waals surface area contributed by atoms with Crippen LogP contribution in [0.4, 0.5) is 0 Å². The Kier molecular flexibility index (Phi) is 5.64. The van der Waals surface area contributed by atoms with Gasteiger partial charge >= 0.3 is 0 Å². The van der Waals surface area contributed by atoms with E-state index >= 15 is 0 Å². The Morgan fingerprint density at radius 3 is 2.14 bits per heavy atom. The highest BCUT2D eigenvalue weighted by Gasteiger charge is 2.03. The molecule has 2 N–H and O–H groups in total. The second-order valence-electron chi connectivity index (χ2n) is 5.03. The predicted octanol–water partition coefficient (Wildman–Crippen LogP) is 3.73. The molecule has 2 rings (SSSR count). The van der Waals surface area contributed by atoms with E-state index in [0.29, 0.717) is 6.61 Å². The third kappa shape index (κ3) is 4.50. The highest BCUT2D eigenvalue weighted by Crippen LogP contribution is 2.18. The fraction of sp³-hybridized carbons (Fsp3) is 0.333. The molecule has 2 aromatic carbocycles. The molecule has 0 fully saturated rings. The molecule has 0 spiro atoms. The first kappa shape index (κ1) is 15.4. The third-order valence-corrected chi connectivity index (χ3v) is 3.57. The van der Waals surface area contributed by atoms with Gasteiger partial charge in [0.15, 0.2) is 0 Å². The standard InChI is InChI=1S/C18H23NO2/c1-3-18(19)15-6-10-17(11-7-15)21-13-12-14-4-8-16(20-2)9-5-14/h4-11,18H,3,12-13,19H2,1-2H3. The zero-order valence-electron chi connectivity index (χ0n) is 12.7. The Labute approximate surface area is 126 Å². The molecule has 0 radical (unpaired) electrons. The molecule has 112 valence electrons. The van der Waals surface area contributed by atoms with Gasteiger partial charge in [-0.25, -0.2) is 0 Å². The van der Waals surface area contributed by atoms with Crippen molar-refractivity contribution in [3.63, 3.8) is 0 Å². The second kappa shape index (κ2) is 7.70. The van der Waals surface area contributed by atoms with E-state index in [1.807, 2.05) is 36.4 Å². The molecule has 3 nitrogen and oxygen atoms in total. The smallest absolute Gasteiger partial charge is 0.119 e. The summed E-state index contributed by atoms with van der Waals surface area (Å²) in [6.07, 6.45) is 1.82. The van der Waals surface area contributed by atoms with Gasteiger partial charge in [0.25, 0.3) is 0 Å². The van der Waals surface area contributed by atoms with Gasteiger partial charge in [-0.3, -0.25) is 0 Å². The van der Waals surface area contributed by atoms with Crippen LogP contribution in [0, 0.1) is 0 Å². The molecule has 1 atom stereocenters. The summed E-state index contributed by atoms with van der Waals surface area (Å²) in [5.41, 5.74) is 8.38. The van der Waals surface area contributed by atoms with Gasteiger partial charge in [-0.15, -0.1) is 0 Å². The van der Waals surface area contributed by atoms with E-state index < -0.39 is 0 Å². The van der Waals surface area contributed by atoms with Gasteiger partial charge in [-0.05, 0) is 41.8 Å². The summed E-state index contributed by atoms with van der Waals surface area (Å²) >= 11 is 0. The number of benzene rings is 2. The van der Waals surface area contributed by atoms with Gasteiger partial charge in [-0.1, -0.05) is 31.2 Å². The zero-order chi connectivity index (χ0) is 15.1. The molecule has 0 amide bonds. The molecule has 1 unspecified atom stereocenters. The SMILES string of the molecule is CCC(N)c1ccc(OCCc2ccc(OC)cc2)cc1. The van der Waals surface area contributed by atoms with Crippen molar-refractivity contribution in [2.75, 3.05) is 13.7 Å². The number of methoxy groups -OCH3 is 1. The van der Waals surface area contributed by atoms with Gasteiger partial charge < -0.3 is 15.2 Å². The molecule has 0 bridgehead atoms. The van der Waals surface area contributed by atoms with Crippen molar-refractivity contribution in [1.29, 1.82) is 0 Å². The molecule has 0 saturated heterocycles. The number of hydrogen-bond acceptors (Lipinski definition) is 3. The first-order valence-electron chi connectivity index (χ1n) is 7.34. The quantitative estimate of drug-likeness (QED) is 0.843. The van der Waals surface area contributed by atoms with E-state index in [-0.39, 0.29) is 6.04 Å². The molecule has 0 aliphatic heterocycles. The van der Waals surface area contributed by atoms with Crippen molar-refractivity contribution in [3.8, 4) is 11.5 Å². The van der Waals surface area contributed by atoms with Crippen molar-refractivity contribution in [2.45, 2.75) is 25.8 Å². The lowest BCUT2D eigenvalue weighted by atomic mass is 10.1. The lowest BCUT2D eigenvalue weighted by Crippen LogP contribution is -2.08. The van der Waals surface area contributed by atoms with Crippen LogP contribution in [-0.4, -0.2) is 13.7 Å². The van der Waals surface area contributed by atoms with Crippen molar-refractivity contribution < 1.29 is 9.47 Å². The molecule has 3 heteroatoms. The highest BCUT2D eigenvalue weighted by molar-refractivity contribution is 5.29. The van der Waals surface area contributed by atoms with Crippen LogP contribution in [0.1, 0.15) is 30.5 Å². The number of hydrogen-bond donors (Lipinski definition) is 1. The molecule has 21 heavy (non-hydrogen) atoms. The van der Waals surface area contributed by atoms with Gasteiger partial charge in [0.05, 0.1) is 13.7 Å². The second-order valence-corrected chi connectivity index (χ2v) is 5.03. The summed E-state index contributed by atoms with van der Waals surface area (Å²) in [5, 5.41) is 0. The van der Waals surface area contributed by atoms with E-state index in [0.717, 1.165) is 29.9 Å². The van der Waals surface area contributed by atoms with Crippen LogP contribution in [0.3, 0.4) is 0 Å². The average molecular weight is 285 g/mol. The van der Waals surface area contributed by atoms with E-state index in [9.17, 15) is 0 Å². The first-order chi connectivity index (χ1) is 10.2. The molecule has 0 aliphatic rings. The predicted molar refractivity (Wildman–Crippen MR) is 85.9 cm³/mol. The fourth-order valence-electron chi connectivity index (χ4n) is 2.13. The molecule has 0 aliphatic carbocycles. The van der Waals surface area contributed by atoms with Crippen molar-refractivity contribution >= 4 is 0 Å². The number of ether oxygens (including phenoxy) is 2. The number of rotatable bonds is 7. The van der Waals surface area contributed by atoms with Crippen molar-refractivity contribution in [1.82, 2.24) is 0 Å². The highest BCUT2D eigenvalue weighted by atomic mass is 16.5. The minimum absolute atomic E-state index is 0.110. The molecular weight excluding hydrogens is 262 g/mol. The molecule has 0 aromatic heterocycles. The minimum atomic E-state index is 0.110. The monoisotopic (exact) mass is 285 g/mol. The Morgan fingerprint density at radius 1 is 0.952 bits per heavy atom. The van der Waals surface area contributed by atoms with Crippen LogP contribution in [0.15, 0.2) is 48.5 Å². The maximum absolute atomic E-state index is 5.99. The van der Waals surface area contributed by atoms with Crippen LogP contribution < -0.4 is 15.2 Å². The minimum Gasteiger partial charge on any atom is -0.497 e. The molecular formula is C18H23NO2. The van der Waals surface area contributed by atoms with Crippen LogP contribution in [0.2, 0.25) is 0 Å². The Bertz CT molecular complexity index is 534. The summed E-state index contributed by atoms with van der Waals surface area (Å²) in [6.45, 7) is 2.75. The maximum atomic E-state index is 5.99. The van der Waals surface area contributed by atoms with Crippen LogP contribution in [-0.2, 0) is 6.42 Å². The fourth-order valence-corrected chi connectivity index (χ4v) is 2.13. The lowest BCUT2D eigenvalue weighted by Gasteiger charge is -2.11. The summed E-state index contributed by atoms with van der Waals surface area (Å²) in [6, 6.07) is 16.2. The van der Waals surface area contributed by atoms with E-state index in [1.165, 1.54) is 5.56 Å². The lowest BCUT2D eigenvalue weighted by molar-refractivity contribution is 0.321. The molecule has 0 heterocycles. The van der Waals surface area contributed by atoms with Crippen LogP contribution in [0.25, 0.3) is 0 Å². The van der Waals surface area contributed by atoms with Crippen molar-refractivity contribution in [2.24, 2.45) is 5.73 Å². The Morgan fingerprint density at radius 2 is 1.57 bits per heavy atom. The van der Waals surface area contributed by atoms with Crippen LogP contribution in [0.5, 0.6) is 11.5 Å². The van der Waals surface area contributed by atoms with E-state index in [2.05, 4.69) is 19.1 Å². The van der Waals surface area contributed by atoms with E-state index in [1.54, 1.807) is 7.11 Å². The normalized spacial score (nSPS) is 12.0. The largest absolute Gasteiger partial charge is 0.497 e. The zero-order valence-corrected chi connectivity index (χ0v) is 12.7. The molecule has 0 saturated carbocycles. The summed E-state index contributed by atoms with van der Waals surface area (Å²) in [7, 11) is 1.67. The molecule has 2 aromatic rings. The van der Waals surface area contributed by atoms with Gasteiger partial charge in [-0.2, -0.15) is 0 Å². The van der Waals surface area contributed by atoms with E-state index in [4.69, 9.17) is 15.2 Å². The maximum Gasteiger partial charge on any atom is 0.119 e. The number of nitrogens with two attached hydrogens (primary N) is 1.